The van der Waals surface area contributed by atoms with Gasteiger partial charge in [-0.1, -0.05) is 86.4 Å². The van der Waals surface area contributed by atoms with E-state index in [2.05, 4.69) is 52.5 Å². The molecule has 1 aromatic heterocycles. The number of amides is 8. The highest BCUT2D eigenvalue weighted by Crippen LogP contribution is 2.19. The number of hydrogen-bond donors (Lipinski definition) is 14. The van der Waals surface area contributed by atoms with Gasteiger partial charge in [0.05, 0.1) is 25.7 Å². The Kier molecular flexibility index (Phi) is 25.5. The second kappa shape index (κ2) is 30.0. The van der Waals surface area contributed by atoms with Gasteiger partial charge in [-0.05, 0) is 54.6 Å². The number of nitrogens with one attached hydrogen (secondary N) is 9. The van der Waals surface area contributed by atoms with E-state index in [1.807, 2.05) is 39.0 Å². The molecule has 0 aliphatic rings. The van der Waals surface area contributed by atoms with Crippen LogP contribution < -0.4 is 59.7 Å². The maximum Gasteiger partial charge on any atom is 0.326 e. The summed E-state index contributed by atoms with van der Waals surface area (Å²) in [6.07, 6.45) is 2.89. The number of aromatic amines is 1. The minimum absolute atomic E-state index is 0.0264. The van der Waals surface area contributed by atoms with Crippen molar-refractivity contribution in [3.63, 3.8) is 0 Å². The van der Waals surface area contributed by atoms with E-state index in [4.69, 9.17) is 17.2 Å². The molecule has 24 heteroatoms. The van der Waals surface area contributed by atoms with Crippen LogP contribution in [0.5, 0.6) is 0 Å². The first kappa shape index (κ1) is 60.3. The molecule has 0 bridgehead atoms. The normalized spacial score (nSPS) is 15.0. The quantitative estimate of drug-likeness (QED) is 0.0223. The van der Waals surface area contributed by atoms with Crippen LogP contribution in [0.25, 0.3) is 10.9 Å². The van der Waals surface area contributed by atoms with Gasteiger partial charge in [0.15, 0.2) is 5.96 Å². The Balaban J connectivity index is 2.15. The summed E-state index contributed by atoms with van der Waals surface area (Å²) in [6, 6.07) is -1.45. The van der Waals surface area contributed by atoms with E-state index in [9.17, 15) is 53.4 Å². The van der Waals surface area contributed by atoms with Crippen LogP contribution in [0.3, 0.4) is 0 Å². The molecule has 396 valence electrons. The van der Waals surface area contributed by atoms with Gasteiger partial charge in [0.1, 0.15) is 36.3 Å². The molecular weight excluding hydrogens is 923 g/mol. The zero-order valence-corrected chi connectivity index (χ0v) is 42.1. The summed E-state index contributed by atoms with van der Waals surface area (Å²) >= 11 is 0. The van der Waals surface area contributed by atoms with Gasteiger partial charge in [0.25, 0.3) is 0 Å². The number of aliphatic hydroxyl groups is 1. The van der Waals surface area contributed by atoms with Crippen LogP contribution in [0, 0.1) is 23.7 Å². The molecule has 9 atom stereocenters. The molecule has 0 unspecified atom stereocenters. The number of benzene rings is 1. The number of carbonyl (C=O) groups is 9. The fourth-order valence-electron chi connectivity index (χ4n) is 7.21. The van der Waals surface area contributed by atoms with Crippen LogP contribution in [0.2, 0.25) is 0 Å². The Morgan fingerprint density at radius 2 is 1.24 bits per heavy atom. The number of nitrogens with zero attached hydrogens (tertiary/aromatic N) is 1. The maximum absolute atomic E-state index is 14.0. The lowest BCUT2D eigenvalue weighted by atomic mass is 9.96. The highest BCUT2D eigenvalue weighted by Gasteiger charge is 2.35. The zero-order valence-electron chi connectivity index (χ0n) is 42.1. The van der Waals surface area contributed by atoms with Crippen LogP contribution >= 0.6 is 0 Å². The van der Waals surface area contributed by atoms with Gasteiger partial charge in [-0.2, -0.15) is 0 Å². The molecule has 0 radical (unpaired) electrons. The molecule has 0 fully saturated rings. The van der Waals surface area contributed by atoms with E-state index in [1.54, 1.807) is 46.9 Å². The number of guanidine groups is 1. The predicted molar refractivity (Wildman–Crippen MR) is 265 cm³/mol. The largest absolute Gasteiger partial charge is 0.480 e. The van der Waals surface area contributed by atoms with Crippen LogP contribution in [0.15, 0.2) is 35.5 Å². The molecule has 0 saturated carbocycles. The van der Waals surface area contributed by atoms with Gasteiger partial charge in [-0.15, -0.1) is 0 Å². The molecule has 0 aliphatic heterocycles. The van der Waals surface area contributed by atoms with E-state index in [0.717, 1.165) is 10.9 Å². The average Bonchev–Trinajstić information content (AvgIpc) is 3.73. The third-order valence-corrected chi connectivity index (χ3v) is 11.9. The number of hydrogen-bond acceptors (Lipinski definition) is 12. The molecule has 2 rings (SSSR count). The van der Waals surface area contributed by atoms with Crippen molar-refractivity contribution in [2.75, 3.05) is 26.2 Å². The van der Waals surface area contributed by atoms with Gasteiger partial charge in [-0.25, -0.2) is 4.79 Å². The number of carbonyl (C=O) groups excluding carboxylic acids is 8. The van der Waals surface area contributed by atoms with E-state index >= 15 is 0 Å². The Morgan fingerprint density at radius 3 is 1.83 bits per heavy atom. The van der Waals surface area contributed by atoms with Crippen molar-refractivity contribution in [3.05, 3.63) is 36.0 Å². The molecule has 1 heterocycles. The third-order valence-electron chi connectivity index (χ3n) is 11.9. The SMILES string of the molecule is CC[C@H](C)[C@H](N)C(=O)N[C@@H](CC(C)C)C(=O)N[C@@H](CO)C(=O)N[C@@H](CCCN=C(N)N)C(=O)N[C@H](C(=O)N[C@H](C(=O)NCC(=O)NCC(=O)N[C@@H](Cc1c[nH]c2ccccc12)C(=O)O)C(C)C)[C@@H](C)CC. The summed E-state index contributed by atoms with van der Waals surface area (Å²) in [4.78, 5) is 126. The molecule has 1 aromatic carbocycles. The number of aromatic nitrogens is 1. The van der Waals surface area contributed by atoms with Crippen molar-refractivity contribution in [2.24, 2.45) is 45.9 Å². The Labute approximate surface area is 414 Å². The van der Waals surface area contributed by atoms with Crippen LogP contribution in [-0.4, -0.2) is 143 Å². The molecule has 0 aliphatic carbocycles. The summed E-state index contributed by atoms with van der Waals surface area (Å²) in [7, 11) is 0. The first-order chi connectivity index (χ1) is 33.4. The minimum atomic E-state index is -1.57. The first-order valence-electron chi connectivity index (χ1n) is 24.0. The topological polar surface area (TPSA) is 397 Å². The number of nitrogens with two attached hydrogens (primary N) is 3. The minimum Gasteiger partial charge on any atom is -0.480 e. The monoisotopic (exact) mass is 1000 g/mol. The fourth-order valence-corrected chi connectivity index (χ4v) is 7.21. The van der Waals surface area contributed by atoms with Crippen molar-refractivity contribution in [2.45, 2.75) is 136 Å². The zero-order chi connectivity index (χ0) is 53.5. The Bertz CT molecular complexity index is 2160. The van der Waals surface area contributed by atoms with Gasteiger partial charge >= 0.3 is 5.97 Å². The number of H-pyrrole nitrogens is 1. The smallest absolute Gasteiger partial charge is 0.326 e. The lowest BCUT2D eigenvalue weighted by molar-refractivity contribution is -0.141. The number of aliphatic carboxylic acids is 1. The van der Waals surface area contributed by atoms with Gasteiger partial charge in [0.2, 0.25) is 47.3 Å². The van der Waals surface area contributed by atoms with Crippen molar-refractivity contribution in [3.8, 4) is 0 Å². The number of fused-ring (bicyclic) bond motifs is 1. The van der Waals surface area contributed by atoms with Gasteiger partial charge in [-0.3, -0.25) is 43.3 Å². The summed E-state index contributed by atoms with van der Waals surface area (Å²) < 4.78 is 0. The second-order valence-electron chi connectivity index (χ2n) is 18.5. The lowest BCUT2D eigenvalue weighted by Crippen LogP contribution is -2.61. The fraction of sp³-hybridized carbons (Fsp3) is 0.617. The molecule has 17 N–H and O–H groups in total. The maximum atomic E-state index is 14.0. The average molecular weight is 1000 g/mol. The highest BCUT2D eigenvalue weighted by molar-refractivity contribution is 5.97. The van der Waals surface area contributed by atoms with E-state index in [0.29, 0.717) is 18.4 Å². The molecule has 0 spiro atoms. The molecule has 2 aromatic rings. The summed E-state index contributed by atoms with van der Waals surface area (Å²) in [5.74, 6) is -9.01. The molecular formula is C47H77N13O11. The van der Waals surface area contributed by atoms with Gasteiger partial charge < -0.3 is 74.9 Å². The van der Waals surface area contributed by atoms with Crippen LogP contribution in [-0.2, 0) is 49.6 Å². The molecule has 24 nitrogen and oxygen atoms in total. The van der Waals surface area contributed by atoms with Crippen LogP contribution in [0.1, 0.15) is 93.1 Å². The second-order valence-corrected chi connectivity index (χ2v) is 18.5. The summed E-state index contributed by atoms with van der Waals surface area (Å²) in [6.45, 7) is 12.0. The highest BCUT2D eigenvalue weighted by atomic mass is 16.4. The Morgan fingerprint density at radius 1 is 0.662 bits per heavy atom. The van der Waals surface area contributed by atoms with Crippen molar-refractivity contribution in [1.82, 2.24) is 47.5 Å². The van der Waals surface area contributed by atoms with E-state index in [-0.39, 0.29) is 50.0 Å². The Hall–Kier alpha value is -6.82. The van der Waals surface area contributed by atoms with E-state index < -0.39 is 127 Å². The summed E-state index contributed by atoms with van der Waals surface area (Å²) in [5, 5.41) is 41.0. The van der Waals surface area contributed by atoms with Crippen LogP contribution in [0.4, 0.5) is 0 Å². The summed E-state index contributed by atoms with van der Waals surface area (Å²) in [5.41, 5.74) is 18.5. The van der Waals surface area contributed by atoms with Crippen molar-refractivity contribution >= 4 is 70.1 Å². The number of aliphatic imine (C=N–C) groups is 1. The predicted octanol–water partition coefficient (Wildman–Crippen LogP) is -1.90. The molecule has 8 amide bonds. The number of para-hydroxylation sites is 1. The number of aliphatic hydroxyl groups excluding tert-OH is 1. The molecule has 71 heavy (non-hydrogen) atoms. The lowest BCUT2D eigenvalue weighted by Gasteiger charge is -2.30. The number of carboxylic acids is 1. The molecule has 0 saturated heterocycles. The van der Waals surface area contributed by atoms with E-state index in [1.165, 1.54) is 0 Å². The van der Waals surface area contributed by atoms with Crippen molar-refractivity contribution < 1.29 is 53.4 Å². The van der Waals surface area contributed by atoms with Gasteiger partial charge in [0, 0.05) is 30.1 Å². The standard InChI is InChI=1S/C47H77N13O11/c1-9-26(7)37(48)43(67)57-32(18-24(3)4)41(65)58-34(23-61)42(66)56-31(16-13-17-51-47(49)50)40(64)60-39(27(8)10-2)45(69)59-38(25(5)6)44(68)54-21-35(62)53-22-36(63)55-33(46(70)71)19-28-20-52-30-15-12-11-14-29(28)30/h11-12,14-15,20,24-27,31-34,37-39,52,61H,9-10,13,16-19,21-23,48H2,1-8H3,(H,53,62)(H,54,68)(H,55,63)(H,56,66)(H,57,67)(H,58,65)(H,59,69)(H,60,64)(H,70,71)(H4,49,50,51)/t26-,27-,31-,32-,33-,34-,37-,38-,39-/m0/s1. The first-order valence-corrected chi connectivity index (χ1v) is 24.0. The number of carboxylic acid groups (broad SMARTS) is 1. The third kappa shape index (κ3) is 20.2. The van der Waals surface area contributed by atoms with Crippen molar-refractivity contribution in [1.29, 1.82) is 0 Å². The number of rotatable bonds is 31.